The summed E-state index contributed by atoms with van der Waals surface area (Å²) in [6.07, 6.45) is 1.56. The third kappa shape index (κ3) is 1.44. The van der Waals surface area contributed by atoms with Gasteiger partial charge in [-0.2, -0.15) is 0 Å². The van der Waals surface area contributed by atoms with Crippen molar-refractivity contribution in [3.05, 3.63) is 38.7 Å². The van der Waals surface area contributed by atoms with E-state index in [2.05, 4.69) is 9.97 Å². The number of nitrogens with zero attached hydrogens (tertiary/aromatic N) is 2. The predicted molar refractivity (Wildman–Crippen MR) is 55.5 cm³/mol. The van der Waals surface area contributed by atoms with Crippen molar-refractivity contribution >= 4 is 11.0 Å². The molecule has 0 spiro atoms. The number of nitrogens with two attached hydrogens (primary N) is 1. The van der Waals surface area contributed by atoms with Crippen LogP contribution in [0.4, 0.5) is 0 Å². The molecule has 15 heavy (non-hydrogen) atoms. The lowest BCUT2D eigenvalue weighted by Gasteiger charge is -2.03. The molecule has 2 rings (SSSR count). The molecule has 0 unspecified atom stereocenters. The zero-order chi connectivity index (χ0) is 11.0. The van der Waals surface area contributed by atoms with Crippen LogP contribution in [0.3, 0.4) is 0 Å². The fourth-order valence-electron chi connectivity index (χ4n) is 1.39. The number of hydrogen-bond donors (Lipinski definition) is 2. The maximum Gasteiger partial charge on any atom is 0.329 e. The minimum Gasteiger partial charge on any atom is -0.326 e. The molecular formula is C9H10N4O2. The first-order valence-corrected chi connectivity index (χ1v) is 4.41. The molecule has 0 aliphatic heterocycles. The number of H-pyrrole nitrogens is 1. The third-order valence-electron chi connectivity index (χ3n) is 2.25. The van der Waals surface area contributed by atoms with Crippen LogP contribution in [0.2, 0.25) is 0 Å². The Kier molecular flexibility index (Phi) is 2.12. The van der Waals surface area contributed by atoms with E-state index in [0.29, 0.717) is 17.6 Å². The number of nitrogens with one attached hydrogen (secondary N) is 1. The third-order valence-corrected chi connectivity index (χ3v) is 2.25. The van der Waals surface area contributed by atoms with E-state index in [0.717, 1.165) is 5.56 Å². The Bertz CT molecular complexity index is 626. The summed E-state index contributed by atoms with van der Waals surface area (Å²) in [5.74, 6) is 0. The fourth-order valence-corrected chi connectivity index (χ4v) is 1.39. The Morgan fingerprint density at radius 1 is 1.53 bits per heavy atom. The molecule has 0 amide bonds. The van der Waals surface area contributed by atoms with Crippen molar-refractivity contribution in [2.75, 3.05) is 0 Å². The van der Waals surface area contributed by atoms with Gasteiger partial charge in [-0.15, -0.1) is 0 Å². The van der Waals surface area contributed by atoms with Crippen molar-refractivity contribution in [1.29, 1.82) is 0 Å². The Morgan fingerprint density at radius 3 is 2.93 bits per heavy atom. The number of aromatic amines is 1. The summed E-state index contributed by atoms with van der Waals surface area (Å²) < 4.78 is 1.29. The molecule has 0 aliphatic rings. The highest BCUT2D eigenvalue weighted by molar-refractivity contribution is 5.74. The summed E-state index contributed by atoms with van der Waals surface area (Å²) in [5.41, 5.74) is 5.65. The van der Waals surface area contributed by atoms with E-state index in [-0.39, 0.29) is 0 Å². The zero-order valence-corrected chi connectivity index (χ0v) is 8.15. The van der Waals surface area contributed by atoms with Gasteiger partial charge in [-0.05, 0) is 11.6 Å². The van der Waals surface area contributed by atoms with Gasteiger partial charge in [0.25, 0.3) is 5.56 Å². The van der Waals surface area contributed by atoms with Gasteiger partial charge in [-0.25, -0.2) is 9.78 Å². The number of hydrogen-bond acceptors (Lipinski definition) is 4. The first kappa shape index (κ1) is 9.60. The number of aryl methyl sites for hydroxylation is 1. The van der Waals surface area contributed by atoms with Gasteiger partial charge in [0.2, 0.25) is 0 Å². The van der Waals surface area contributed by atoms with Crippen molar-refractivity contribution in [1.82, 2.24) is 14.5 Å². The van der Waals surface area contributed by atoms with E-state index in [1.807, 2.05) is 0 Å². The maximum absolute atomic E-state index is 11.5. The Morgan fingerprint density at radius 2 is 2.27 bits per heavy atom. The smallest absolute Gasteiger partial charge is 0.326 e. The molecule has 2 heterocycles. The molecule has 2 aromatic rings. The highest BCUT2D eigenvalue weighted by Gasteiger charge is 2.05. The maximum atomic E-state index is 11.5. The van der Waals surface area contributed by atoms with Gasteiger partial charge in [0.1, 0.15) is 5.65 Å². The van der Waals surface area contributed by atoms with Crippen molar-refractivity contribution in [2.45, 2.75) is 6.54 Å². The largest absolute Gasteiger partial charge is 0.329 e. The van der Waals surface area contributed by atoms with Crippen LogP contribution < -0.4 is 17.0 Å². The normalized spacial score (nSPS) is 10.8. The molecule has 3 N–H and O–H groups in total. The summed E-state index contributed by atoms with van der Waals surface area (Å²) >= 11 is 0. The molecule has 0 radical (unpaired) electrons. The van der Waals surface area contributed by atoms with Crippen LogP contribution in [0.25, 0.3) is 11.0 Å². The van der Waals surface area contributed by atoms with Gasteiger partial charge in [0.15, 0.2) is 0 Å². The summed E-state index contributed by atoms with van der Waals surface area (Å²) in [4.78, 5) is 29.0. The lowest BCUT2D eigenvalue weighted by atomic mass is 10.2. The van der Waals surface area contributed by atoms with E-state index >= 15 is 0 Å². The Balaban J connectivity index is 2.96. The summed E-state index contributed by atoms with van der Waals surface area (Å²) in [6, 6.07) is 1.64. The van der Waals surface area contributed by atoms with Crippen molar-refractivity contribution in [3.63, 3.8) is 0 Å². The number of pyridine rings is 1. The molecule has 0 bridgehead atoms. The van der Waals surface area contributed by atoms with Crippen molar-refractivity contribution in [3.8, 4) is 0 Å². The highest BCUT2D eigenvalue weighted by Crippen LogP contribution is 2.05. The molecule has 0 saturated heterocycles. The molecule has 6 heteroatoms. The average molecular weight is 206 g/mol. The summed E-state index contributed by atoms with van der Waals surface area (Å²) in [5, 5.41) is 0.375. The predicted octanol–water partition coefficient (Wildman–Crippen LogP) is -0.920. The molecule has 6 nitrogen and oxygen atoms in total. The van der Waals surface area contributed by atoms with Crippen molar-refractivity contribution < 1.29 is 0 Å². The van der Waals surface area contributed by atoms with Gasteiger partial charge in [-0.1, -0.05) is 0 Å². The molecule has 0 saturated carbocycles. The van der Waals surface area contributed by atoms with Gasteiger partial charge in [0, 0.05) is 19.8 Å². The molecule has 0 aromatic carbocycles. The monoisotopic (exact) mass is 206 g/mol. The standard InChI is InChI=1S/C9H10N4O2/c1-13-7-6(8(14)12-9(13)15)2-5(3-10)4-11-7/h2,4H,3,10H2,1H3,(H,12,14,15). The Hall–Kier alpha value is -1.95. The molecule has 2 aromatic heterocycles. The average Bonchev–Trinajstić information content (AvgIpc) is 2.25. The van der Waals surface area contributed by atoms with Crippen LogP contribution in [0.5, 0.6) is 0 Å². The zero-order valence-electron chi connectivity index (χ0n) is 8.15. The highest BCUT2D eigenvalue weighted by atomic mass is 16.2. The van der Waals surface area contributed by atoms with E-state index < -0.39 is 11.2 Å². The van der Waals surface area contributed by atoms with Crippen LogP contribution in [-0.4, -0.2) is 14.5 Å². The van der Waals surface area contributed by atoms with E-state index in [9.17, 15) is 9.59 Å². The quantitative estimate of drug-likeness (QED) is 0.631. The van der Waals surface area contributed by atoms with Gasteiger partial charge in [-0.3, -0.25) is 14.3 Å². The van der Waals surface area contributed by atoms with Gasteiger partial charge in [0.05, 0.1) is 5.39 Å². The van der Waals surface area contributed by atoms with Gasteiger partial charge >= 0.3 is 5.69 Å². The van der Waals surface area contributed by atoms with Crippen molar-refractivity contribution in [2.24, 2.45) is 12.8 Å². The summed E-state index contributed by atoms with van der Waals surface area (Å²) in [6.45, 7) is 0.311. The topological polar surface area (TPSA) is 93.8 Å². The second-order valence-corrected chi connectivity index (χ2v) is 3.24. The van der Waals surface area contributed by atoms with Crippen LogP contribution in [-0.2, 0) is 13.6 Å². The second kappa shape index (κ2) is 3.32. The molecule has 0 fully saturated rings. The molecule has 0 aliphatic carbocycles. The Labute approximate surface area is 84.4 Å². The minimum atomic E-state index is -0.472. The van der Waals surface area contributed by atoms with Crippen LogP contribution in [0.15, 0.2) is 21.9 Å². The molecule has 78 valence electrons. The first-order valence-electron chi connectivity index (χ1n) is 4.41. The SMILES string of the molecule is Cn1c(=O)[nH]c(=O)c2cc(CN)cnc21. The first-order chi connectivity index (χ1) is 7.13. The van der Waals surface area contributed by atoms with E-state index in [4.69, 9.17) is 5.73 Å². The van der Waals surface area contributed by atoms with Crippen LogP contribution in [0, 0.1) is 0 Å². The van der Waals surface area contributed by atoms with Crippen LogP contribution in [0.1, 0.15) is 5.56 Å². The molecular weight excluding hydrogens is 196 g/mol. The fraction of sp³-hybridized carbons (Fsp3) is 0.222. The van der Waals surface area contributed by atoms with E-state index in [1.165, 1.54) is 4.57 Å². The lowest BCUT2D eigenvalue weighted by Crippen LogP contribution is -2.29. The number of rotatable bonds is 1. The second-order valence-electron chi connectivity index (χ2n) is 3.24. The van der Waals surface area contributed by atoms with E-state index in [1.54, 1.807) is 19.3 Å². The lowest BCUT2D eigenvalue weighted by molar-refractivity contribution is 0.827. The minimum absolute atomic E-state index is 0.311. The number of fused-ring (bicyclic) bond motifs is 1. The molecule has 0 atom stereocenters. The van der Waals surface area contributed by atoms with Gasteiger partial charge < -0.3 is 5.73 Å². The summed E-state index contributed by atoms with van der Waals surface area (Å²) in [7, 11) is 1.55. The number of aromatic nitrogens is 3. The van der Waals surface area contributed by atoms with Crippen LogP contribution >= 0.6 is 0 Å².